The highest BCUT2D eigenvalue weighted by molar-refractivity contribution is 5.10. The van der Waals surface area contributed by atoms with Crippen molar-refractivity contribution in [1.29, 1.82) is 0 Å². The van der Waals surface area contributed by atoms with Gasteiger partial charge in [0.05, 0.1) is 0 Å². The summed E-state index contributed by atoms with van der Waals surface area (Å²) in [6.45, 7) is 6.15. The minimum Gasteiger partial charge on any atom is -0.329 e. The zero-order valence-electron chi connectivity index (χ0n) is 10.6. The highest BCUT2D eigenvalue weighted by atomic mass is 15.2. The smallest absolute Gasteiger partial charge is 0.0298 e. The summed E-state index contributed by atoms with van der Waals surface area (Å²) in [5.74, 6) is 0. The molecule has 16 heavy (non-hydrogen) atoms. The van der Waals surface area contributed by atoms with Gasteiger partial charge in [0.1, 0.15) is 0 Å². The van der Waals surface area contributed by atoms with E-state index in [2.05, 4.69) is 42.9 Å². The SMILES string of the molecule is CCC(C)(CN)N(C)CCc1ccncc1. The molecule has 0 saturated heterocycles. The molecular weight excluding hydrogens is 198 g/mol. The second-order valence-electron chi connectivity index (χ2n) is 4.58. The molecule has 0 aliphatic rings. The molecule has 1 aromatic rings. The quantitative estimate of drug-likeness (QED) is 0.794. The van der Waals surface area contributed by atoms with Crippen molar-refractivity contribution in [2.75, 3.05) is 20.1 Å². The Kier molecular flexibility index (Phi) is 4.90. The maximum atomic E-state index is 5.84. The van der Waals surface area contributed by atoms with Gasteiger partial charge >= 0.3 is 0 Å². The lowest BCUT2D eigenvalue weighted by molar-refractivity contribution is 0.141. The lowest BCUT2D eigenvalue weighted by atomic mass is 9.96. The Morgan fingerprint density at radius 1 is 1.38 bits per heavy atom. The Hall–Kier alpha value is -0.930. The first-order valence-corrected chi connectivity index (χ1v) is 5.92. The number of likely N-dealkylation sites (N-methyl/N-ethyl adjacent to an activating group) is 1. The summed E-state index contributed by atoms with van der Waals surface area (Å²) in [5.41, 5.74) is 7.28. The van der Waals surface area contributed by atoms with E-state index in [9.17, 15) is 0 Å². The van der Waals surface area contributed by atoms with Crippen LogP contribution in [-0.2, 0) is 6.42 Å². The van der Waals surface area contributed by atoms with E-state index < -0.39 is 0 Å². The fourth-order valence-electron chi connectivity index (χ4n) is 1.69. The summed E-state index contributed by atoms with van der Waals surface area (Å²) in [6, 6.07) is 4.14. The molecule has 90 valence electrons. The summed E-state index contributed by atoms with van der Waals surface area (Å²) in [4.78, 5) is 6.37. The third-order valence-corrected chi connectivity index (χ3v) is 3.61. The van der Waals surface area contributed by atoms with Gasteiger partial charge in [0.2, 0.25) is 0 Å². The van der Waals surface area contributed by atoms with Gasteiger partial charge < -0.3 is 5.73 Å². The van der Waals surface area contributed by atoms with Crippen molar-refractivity contribution < 1.29 is 0 Å². The lowest BCUT2D eigenvalue weighted by Gasteiger charge is -2.37. The molecule has 0 spiro atoms. The Balaban J connectivity index is 2.49. The summed E-state index contributed by atoms with van der Waals surface area (Å²) in [6.07, 6.45) is 5.82. The molecule has 1 unspecified atom stereocenters. The third kappa shape index (κ3) is 3.29. The monoisotopic (exact) mass is 221 g/mol. The molecule has 1 heterocycles. The second-order valence-corrected chi connectivity index (χ2v) is 4.58. The average Bonchev–Trinajstić information content (AvgIpc) is 2.36. The van der Waals surface area contributed by atoms with E-state index in [-0.39, 0.29) is 5.54 Å². The zero-order valence-corrected chi connectivity index (χ0v) is 10.6. The normalized spacial score (nSPS) is 15.1. The van der Waals surface area contributed by atoms with Crippen LogP contribution in [0.1, 0.15) is 25.8 Å². The average molecular weight is 221 g/mol. The Labute approximate surface area is 98.7 Å². The topological polar surface area (TPSA) is 42.1 Å². The van der Waals surface area contributed by atoms with Crippen LogP contribution in [0.5, 0.6) is 0 Å². The maximum absolute atomic E-state index is 5.84. The number of pyridine rings is 1. The van der Waals surface area contributed by atoms with Crippen LogP contribution in [0.15, 0.2) is 24.5 Å². The van der Waals surface area contributed by atoms with Gasteiger partial charge in [-0.25, -0.2) is 0 Å². The predicted octanol–water partition coefficient (Wildman–Crippen LogP) is 1.68. The number of hydrogen-bond donors (Lipinski definition) is 1. The summed E-state index contributed by atoms with van der Waals surface area (Å²) >= 11 is 0. The molecule has 0 aliphatic carbocycles. The molecule has 3 heteroatoms. The third-order valence-electron chi connectivity index (χ3n) is 3.61. The van der Waals surface area contributed by atoms with Crippen molar-refractivity contribution in [3.8, 4) is 0 Å². The zero-order chi connectivity index (χ0) is 12.0. The molecule has 1 rings (SSSR count). The van der Waals surface area contributed by atoms with Gasteiger partial charge in [0.25, 0.3) is 0 Å². The van der Waals surface area contributed by atoms with Crippen molar-refractivity contribution in [2.45, 2.75) is 32.2 Å². The van der Waals surface area contributed by atoms with Gasteiger partial charge in [0, 0.05) is 31.0 Å². The molecule has 3 nitrogen and oxygen atoms in total. The molecule has 0 amide bonds. The molecule has 0 fully saturated rings. The van der Waals surface area contributed by atoms with Gasteiger partial charge in [-0.05, 0) is 44.5 Å². The van der Waals surface area contributed by atoms with Gasteiger partial charge in [-0.3, -0.25) is 9.88 Å². The van der Waals surface area contributed by atoms with E-state index in [1.165, 1.54) is 5.56 Å². The van der Waals surface area contributed by atoms with E-state index in [1.807, 2.05) is 12.4 Å². The second kappa shape index (κ2) is 5.97. The Morgan fingerprint density at radius 2 is 2.00 bits per heavy atom. The van der Waals surface area contributed by atoms with E-state index in [0.717, 1.165) is 19.4 Å². The molecule has 0 aliphatic heterocycles. The van der Waals surface area contributed by atoms with Crippen LogP contribution in [0.2, 0.25) is 0 Å². The fraction of sp³-hybridized carbons (Fsp3) is 0.615. The van der Waals surface area contributed by atoms with Gasteiger partial charge in [-0.1, -0.05) is 6.92 Å². The Bertz CT molecular complexity index is 293. The highest BCUT2D eigenvalue weighted by Gasteiger charge is 2.24. The number of nitrogens with zero attached hydrogens (tertiary/aromatic N) is 2. The first-order valence-electron chi connectivity index (χ1n) is 5.92. The predicted molar refractivity (Wildman–Crippen MR) is 68.3 cm³/mol. The molecule has 1 aromatic heterocycles. The molecule has 2 N–H and O–H groups in total. The fourth-order valence-corrected chi connectivity index (χ4v) is 1.69. The van der Waals surface area contributed by atoms with Crippen LogP contribution in [0.4, 0.5) is 0 Å². The molecule has 0 aromatic carbocycles. The van der Waals surface area contributed by atoms with Crippen LogP contribution >= 0.6 is 0 Å². The van der Waals surface area contributed by atoms with Crippen LogP contribution < -0.4 is 5.73 Å². The van der Waals surface area contributed by atoms with E-state index in [1.54, 1.807) is 0 Å². The van der Waals surface area contributed by atoms with Crippen LogP contribution in [0, 0.1) is 0 Å². The van der Waals surface area contributed by atoms with Crippen molar-refractivity contribution in [2.24, 2.45) is 5.73 Å². The van der Waals surface area contributed by atoms with Gasteiger partial charge in [-0.2, -0.15) is 0 Å². The minimum atomic E-state index is 0.118. The Morgan fingerprint density at radius 3 is 2.50 bits per heavy atom. The van der Waals surface area contributed by atoms with Crippen molar-refractivity contribution in [3.05, 3.63) is 30.1 Å². The van der Waals surface area contributed by atoms with Crippen molar-refractivity contribution in [1.82, 2.24) is 9.88 Å². The van der Waals surface area contributed by atoms with E-state index in [4.69, 9.17) is 5.73 Å². The van der Waals surface area contributed by atoms with Crippen molar-refractivity contribution in [3.63, 3.8) is 0 Å². The van der Waals surface area contributed by atoms with Crippen LogP contribution in [0.25, 0.3) is 0 Å². The molecule has 0 radical (unpaired) electrons. The van der Waals surface area contributed by atoms with Crippen LogP contribution in [-0.4, -0.2) is 35.6 Å². The first-order chi connectivity index (χ1) is 7.62. The number of hydrogen-bond acceptors (Lipinski definition) is 3. The van der Waals surface area contributed by atoms with Crippen molar-refractivity contribution >= 4 is 0 Å². The molecule has 1 atom stereocenters. The standard InChI is InChI=1S/C13H23N3/c1-4-13(2,11-14)16(3)10-7-12-5-8-15-9-6-12/h5-6,8-9H,4,7,10-11,14H2,1-3H3. The minimum absolute atomic E-state index is 0.118. The molecular formula is C13H23N3. The summed E-state index contributed by atoms with van der Waals surface area (Å²) < 4.78 is 0. The summed E-state index contributed by atoms with van der Waals surface area (Å²) in [7, 11) is 2.15. The molecule has 0 saturated carbocycles. The molecule has 0 bridgehead atoms. The lowest BCUT2D eigenvalue weighted by Crippen LogP contribution is -2.49. The summed E-state index contributed by atoms with van der Waals surface area (Å²) in [5, 5.41) is 0. The van der Waals surface area contributed by atoms with E-state index >= 15 is 0 Å². The number of aromatic nitrogens is 1. The first kappa shape index (κ1) is 13.1. The van der Waals surface area contributed by atoms with Gasteiger partial charge in [-0.15, -0.1) is 0 Å². The van der Waals surface area contributed by atoms with E-state index in [0.29, 0.717) is 6.54 Å². The largest absolute Gasteiger partial charge is 0.329 e. The highest BCUT2D eigenvalue weighted by Crippen LogP contribution is 2.16. The number of nitrogens with two attached hydrogens (primary N) is 1. The van der Waals surface area contributed by atoms with Gasteiger partial charge in [0.15, 0.2) is 0 Å². The number of rotatable bonds is 6. The van der Waals surface area contributed by atoms with Crippen LogP contribution in [0.3, 0.4) is 0 Å². The maximum Gasteiger partial charge on any atom is 0.0298 e.